The Morgan fingerprint density at radius 3 is 2.82 bits per heavy atom. The Bertz CT molecular complexity index is 806. The number of aromatic nitrogens is 1. The predicted octanol–water partition coefficient (Wildman–Crippen LogP) is 1.91. The molecule has 0 spiro atoms. The molecule has 1 unspecified atom stereocenters. The molecule has 1 aliphatic rings. The molecule has 0 fully saturated rings. The number of nitrogens with zero attached hydrogens (tertiary/aromatic N) is 2. The van der Waals surface area contributed by atoms with Crippen LogP contribution in [-0.2, 0) is 7.05 Å². The van der Waals surface area contributed by atoms with Gasteiger partial charge in [0.25, 0.3) is 5.69 Å². The lowest BCUT2D eigenvalue weighted by Gasteiger charge is -2.23. The summed E-state index contributed by atoms with van der Waals surface area (Å²) in [5.74, 6) is -0.356. The van der Waals surface area contributed by atoms with Gasteiger partial charge in [-0.3, -0.25) is 14.9 Å². The van der Waals surface area contributed by atoms with Crippen molar-refractivity contribution in [3.8, 4) is 5.75 Å². The molecular formula is C15H12N2O5. The minimum atomic E-state index is -1.41. The smallest absolute Gasteiger partial charge is 0.270 e. The SMILES string of the molecule is Cn1cccc1/C=C1/C(=O)c2cc([N+](=O)[O-])ccc2OC1O. The van der Waals surface area contributed by atoms with Gasteiger partial charge >= 0.3 is 0 Å². The van der Waals surface area contributed by atoms with Crippen molar-refractivity contribution >= 4 is 17.5 Å². The first-order valence-corrected chi connectivity index (χ1v) is 6.48. The number of Topliss-reactive ketones (excluding diaryl/α,β-unsaturated/α-hetero) is 1. The van der Waals surface area contributed by atoms with Gasteiger partial charge < -0.3 is 14.4 Å². The van der Waals surface area contributed by atoms with Gasteiger partial charge in [0.15, 0.2) is 5.78 Å². The third kappa shape index (κ3) is 2.27. The molecule has 22 heavy (non-hydrogen) atoms. The van der Waals surface area contributed by atoms with E-state index in [-0.39, 0.29) is 22.6 Å². The van der Waals surface area contributed by atoms with Gasteiger partial charge in [-0.25, -0.2) is 0 Å². The monoisotopic (exact) mass is 300 g/mol. The molecule has 0 radical (unpaired) electrons. The highest BCUT2D eigenvalue weighted by molar-refractivity contribution is 6.14. The number of ether oxygens (including phenoxy) is 1. The van der Waals surface area contributed by atoms with Gasteiger partial charge in [-0.05, 0) is 24.3 Å². The Morgan fingerprint density at radius 1 is 1.41 bits per heavy atom. The summed E-state index contributed by atoms with van der Waals surface area (Å²) in [5.41, 5.74) is 0.611. The number of hydrogen-bond donors (Lipinski definition) is 1. The van der Waals surface area contributed by atoms with E-state index in [1.807, 2.05) is 0 Å². The van der Waals surface area contributed by atoms with E-state index in [1.54, 1.807) is 29.9 Å². The molecule has 0 aliphatic carbocycles. The molecule has 0 amide bonds. The van der Waals surface area contributed by atoms with Gasteiger partial charge in [0.05, 0.1) is 16.1 Å². The fourth-order valence-corrected chi connectivity index (χ4v) is 2.28. The van der Waals surface area contributed by atoms with Crippen molar-refractivity contribution in [1.82, 2.24) is 4.57 Å². The van der Waals surface area contributed by atoms with E-state index in [0.717, 1.165) is 6.07 Å². The highest BCUT2D eigenvalue weighted by atomic mass is 16.6. The molecule has 1 aliphatic heterocycles. The number of aliphatic hydroxyl groups is 1. The van der Waals surface area contributed by atoms with E-state index in [2.05, 4.69) is 0 Å². The van der Waals surface area contributed by atoms with Crippen molar-refractivity contribution in [3.63, 3.8) is 0 Å². The molecule has 1 aromatic heterocycles. The van der Waals surface area contributed by atoms with Crippen LogP contribution in [0.15, 0.2) is 42.1 Å². The summed E-state index contributed by atoms with van der Waals surface area (Å²) in [7, 11) is 1.80. The van der Waals surface area contributed by atoms with E-state index < -0.39 is 17.0 Å². The van der Waals surface area contributed by atoms with Crippen molar-refractivity contribution in [2.24, 2.45) is 7.05 Å². The second-order valence-electron chi connectivity index (χ2n) is 4.88. The number of non-ortho nitro benzene ring substituents is 1. The normalized spacial score (nSPS) is 18.9. The Hall–Kier alpha value is -2.93. The second kappa shape index (κ2) is 5.12. The van der Waals surface area contributed by atoms with Crippen LogP contribution in [0.1, 0.15) is 16.1 Å². The van der Waals surface area contributed by atoms with Crippen molar-refractivity contribution in [2.45, 2.75) is 6.29 Å². The van der Waals surface area contributed by atoms with E-state index in [9.17, 15) is 20.0 Å². The molecule has 7 heteroatoms. The third-order valence-corrected chi connectivity index (χ3v) is 3.47. The zero-order valence-electron chi connectivity index (χ0n) is 11.6. The van der Waals surface area contributed by atoms with E-state index in [1.165, 1.54) is 18.2 Å². The number of ketones is 1. The predicted molar refractivity (Wildman–Crippen MR) is 77.5 cm³/mol. The highest BCUT2D eigenvalue weighted by Gasteiger charge is 2.32. The molecular weight excluding hydrogens is 288 g/mol. The minimum Gasteiger partial charge on any atom is -0.460 e. The molecule has 3 rings (SSSR count). The van der Waals surface area contributed by atoms with Crippen LogP contribution in [0.5, 0.6) is 5.75 Å². The average molecular weight is 300 g/mol. The fraction of sp³-hybridized carbons (Fsp3) is 0.133. The number of nitro groups is 1. The topological polar surface area (TPSA) is 94.6 Å². The summed E-state index contributed by atoms with van der Waals surface area (Å²) in [6.45, 7) is 0. The van der Waals surface area contributed by atoms with Gasteiger partial charge in [-0.2, -0.15) is 0 Å². The third-order valence-electron chi connectivity index (χ3n) is 3.47. The van der Waals surface area contributed by atoms with Gasteiger partial charge in [0.1, 0.15) is 5.75 Å². The number of carbonyl (C=O) groups excluding carboxylic acids is 1. The molecule has 2 aromatic rings. The number of fused-ring (bicyclic) bond motifs is 1. The summed E-state index contributed by atoms with van der Waals surface area (Å²) in [6, 6.07) is 7.27. The summed E-state index contributed by atoms with van der Waals surface area (Å²) in [4.78, 5) is 22.7. The van der Waals surface area contributed by atoms with Gasteiger partial charge in [-0.15, -0.1) is 0 Å². The molecule has 1 atom stereocenters. The number of aliphatic hydroxyl groups excluding tert-OH is 1. The highest BCUT2D eigenvalue weighted by Crippen LogP contribution is 2.33. The summed E-state index contributed by atoms with van der Waals surface area (Å²) in [6.07, 6.45) is 1.90. The quantitative estimate of drug-likeness (QED) is 0.519. The average Bonchev–Trinajstić information content (AvgIpc) is 2.88. The summed E-state index contributed by atoms with van der Waals surface area (Å²) in [5, 5.41) is 20.8. The van der Waals surface area contributed by atoms with Crippen molar-refractivity contribution in [2.75, 3.05) is 0 Å². The molecule has 2 heterocycles. The van der Waals surface area contributed by atoms with E-state index in [4.69, 9.17) is 4.74 Å². The first kappa shape index (κ1) is 14.0. The summed E-state index contributed by atoms with van der Waals surface area (Å²) < 4.78 is 7.05. The molecule has 1 aromatic carbocycles. The Balaban J connectivity index is 2.08. The van der Waals surface area contributed by atoms with E-state index in [0.29, 0.717) is 5.69 Å². The molecule has 0 bridgehead atoms. The van der Waals surface area contributed by atoms with Crippen LogP contribution in [0, 0.1) is 10.1 Å². The van der Waals surface area contributed by atoms with Gasteiger partial charge in [-0.1, -0.05) is 0 Å². The Labute approximate surface area is 125 Å². The lowest BCUT2D eigenvalue weighted by Crippen LogP contribution is -2.29. The summed E-state index contributed by atoms with van der Waals surface area (Å²) >= 11 is 0. The van der Waals surface area contributed by atoms with Crippen molar-refractivity contribution < 1.29 is 19.6 Å². The second-order valence-corrected chi connectivity index (χ2v) is 4.88. The lowest BCUT2D eigenvalue weighted by atomic mass is 9.98. The van der Waals surface area contributed by atoms with Crippen LogP contribution in [-0.4, -0.2) is 26.7 Å². The molecule has 7 nitrogen and oxygen atoms in total. The zero-order valence-corrected chi connectivity index (χ0v) is 11.6. The molecule has 1 N–H and O–H groups in total. The maximum absolute atomic E-state index is 12.5. The largest absolute Gasteiger partial charge is 0.460 e. The van der Waals surface area contributed by atoms with Crippen LogP contribution >= 0.6 is 0 Å². The van der Waals surface area contributed by atoms with E-state index >= 15 is 0 Å². The fourth-order valence-electron chi connectivity index (χ4n) is 2.28. The number of carbonyl (C=O) groups is 1. The molecule has 0 saturated heterocycles. The first-order valence-electron chi connectivity index (χ1n) is 6.48. The first-order chi connectivity index (χ1) is 10.5. The minimum absolute atomic E-state index is 0.0368. The maximum atomic E-state index is 12.5. The van der Waals surface area contributed by atoms with Gasteiger partial charge in [0, 0.05) is 31.1 Å². The van der Waals surface area contributed by atoms with Crippen LogP contribution in [0.4, 0.5) is 5.69 Å². The van der Waals surface area contributed by atoms with Crippen LogP contribution in [0.3, 0.4) is 0 Å². The Morgan fingerprint density at radius 2 is 2.18 bits per heavy atom. The molecule has 0 saturated carbocycles. The van der Waals surface area contributed by atoms with Crippen LogP contribution in [0.25, 0.3) is 6.08 Å². The van der Waals surface area contributed by atoms with Crippen molar-refractivity contribution in [1.29, 1.82) is 0 Å². The Kier molecular flexibility index (Phi) is 3.26. The number of benzene rings is 1. The lowest BCUT2D eigenvalue weighted by molar-refractivity contribution is -0.384. The number of aryl methyl sites for hydroxylation is 1. The number of nitro benzene ring substituents is 1. The zero-order chi connectivity index (χ0) is 15.9. The standard InChI is InChI=1S/C15H12N2O5/c1-16-6-2-3-9(16)7-12-14(18)11-8-10(17(20)21)4-5-13(11)22-15(12)19/h2-8,15,19H,1H3/b12-7-. The van der Waals surface area contributed by atoms with Gasteiger partial charge in [0.2, 0.25) is 6.29 Å². The van der Waals surface area contributed by atoms with Crippen LogP contribution in [0.2, 0.25) is 0 Å². The maximum Gasteiger partial charge on any atom is 0.270 e. The van der Waals surface area contributed by atoms with Crippen molar-refractivity contribution in [3.05, 3.63) is 63.5 Å². The number of rotatable bonds is 2. The van der Waals surface area contributed by atoms with Crippen LogP contribution < -0.4 is 4.74 Å². The number of hydrogen-bond acceptors (Lipinski definition) is 5. The molecule has 112 valence electrons.